The van der Waals surface area contributed by atoms with Gasteiger partial charge < -0.3 is 9.84 Å². The van der Waals surface area contributed by atoms with Crippen LogP contribution in [0, 0.1) is 0 Å². The Labute approximate surface area is 66.0 Å². The Morgan fingerprint density at radius 2 is 2.00 bits per heavy atom. The first-order chi connectivity index (χ1) is 5.50. The van der Waals surface area contributed by atoms with Crippen LogP contribution in [0.3, 0.4) is 0 Å². The van der Waals surface area contributed by atoms with Gasteiger partial charge in [0.25, 0.3) is 0 Å². The van der Waals surface area contributed by atoms with Gasteiger partial charge in [0.2, 0.25) is 0 Å². The number of hydrogen-bond acceptors (Lipinski definition) is 4. The van der Waals surface area contributed by atoms with Gasteiger partial charge in [0.1, 0.15) is 6.26 Å². The minimum absolute atomic E-state index is 1.25. The van der Waals surface area contributed by atoms with Crippen LogP contribution in [0.4, 0.5) is 0 Å². The van der Waals surface area contributed by atoms with Gasteiger partial charge in [0.05, 0.1) is 6.20 Å². The van der Waals surface area contributed by atoms with E-state index in [1.165, 1.54) is 44.8 Å². The summed E-state index contributed by atoms with van der Waals surface area (Å²) in [6, 6.07) is 0. The Kier molecular flexibility index (Phi) is 4.36. The fourth-order valence-electron chi connectivity index (χ4n) is 0.938. The Morgan fingerprint density at radius 3 is 2.18 bits per heavy atom. The highest BCUT2D eigenvalue weighted by molar-refractivity contribution is 4.55. The van der Waals surface area contributed by atoms with E-state index in [4.69, 9.17) is 0 Å². The maximum Gasteiger partial charge on any atom is 0.144 e. The summed E-state index contributed by atoms with van der Waals surface area (Å²) in [6.07, 6.45) is 7.09. The van der Waals surface area contributed by atoms with Gasteiger partial charge in [0, 0.05) is 5.27 Å². The molecule has 1 saturated heterocycles. The predicted molar refractivity (Wildman–Crippen MR) is 41.0 cm³/mol. The number of rotatable bonds is 0. The highest BCUT2D eigenvalue weighted by Crippen LogP contribution is 1.96. The second-order valence-corrected chi connectivity index (χ2v) is 2.40. The van der Waals surface area contributed by atoms with Crippen LogP contribution in [0.15, 0.2) is 17.0 Å². The first kappa shape index (κ1) is 8.20. The van der Waals surface area contributed by atoms with Crippen LogP contribution in [-0.4, -0.2) is 23.5 Å². The number of piperidine rings is 1. The first-order valence-corrected chi connectivity index (χ1v) is 3.92. The summed E-state index contributed by atoms with van der Waals surface area (Å²) in [4.78, 5) is 0. The summed E-state index contributed by atoms with van der Waals surface area (Å²) < 4.78 is 4.22. The molecule has 1 aromatic rings. The van der Waals surface area contributed by atoms with E-state index in [1.807, 2.05) is 0 Å². The SMILES string of the molecule is C1CCNCC1.c1conn1. The largest absolute Gasteiger partial charge is 0.346 e. The molecule has 0 radical (unpaired) electrons. The van der Waals surface area contributed by atoms with Gasteiger partial charge in [-0.2, -0.15) is 0 Å². The quantitative estimate of drug-likeness (QED) is 0.603. The highest BCUT2D eigenvalue weighted by Gasteiger charge is 1.93. The van der Waals surface area contributed by atoms with Crippen molar-refractivity contribution in [3.05, 3.63) is 12.5 Å². The summed E-state index contributed by atoms with van der Waals surface area (Å²) >= 11 is 0. The lowest BCUT2D eigenvalue weighted by atomic mass is 10.2. The Morgan fingerprint density at radius 1 is 1.18 bits per heavy atom. The van der Waals surface area contributed by atoms with Gasteiger partial charge in [-0.3, -0.25) is 0 Å². The van der Waals surface area contributed by atoms with Gasteiger partial charge in [-0.25, -0.2) is 0 Å². The van der Waals surface area contributed by atoms with E-state index in [0.717, 1.165) is 0 Å². The molecule has 0 aromatic carbocycles. The predicted octanol–water partition coefficient (Wildman–Crippen LogP) is 0.829. The average molecular weight is 155 g/mol. The summed E-state index contributed by atoms with van der Waals surface area (Å²) in [6.45, 7) is 2.50. The first-order valence-electron chi connectivity index (χ1n) is 3.92. The summed E-state index contributed by atoms with van der Waals surface area (Å²) in [5.74, 6) is 0. The molecule has 0 bridgehead atoms. The van der Waals surface area contributed by atoms with Crippen molar-refractivity contribution in [2.45, 2.75) is 19.3 Å². The van der Waals surface area contributed by atoms with Crippen LogP contribution in [0.1, 0.15) is 19.3 Å². The molecular weight excluding hydrogens is 142 g/mol. The second kappa shape index (κ2) is 5.85. The number of aromatic nitrogens is 2. The molecule has 0 aliphatic carbocycles. The molecule has 0 unspecified atom stereocenters. The molecule has 2 rings (SSSR count). The molecule has 0 atom stereocenters. The van der Waals surface area contributed by atoms with Crippen molar-refractivity contribution >= 4 is 0 Å². The van der Waals surface area contributed by atoms with Crippen LogP contribution in [0.5, 0.6) is 0 Å². The average Bonchev–Trinajstić information content (AvgIpc) is 2.64. The lowest BCUT2D eigenvalue weighted by Gasteiger charge is -2.08. The van der Waals surface area contributed by atoms with E-state index < -0.39 is 0 Å². The molecule has 0 spiro atoms. The third kappa shape index (κ3) is 4.50. The molecule has 1 fully saturated rings. The standard InChI is InChI=1S/C5H11N.C2H2N2O/c1-2-4-6-5-3-1;1-2-5-4-3-1/h6H,1-5H2;1-2H. The van der Waals surface area contributed by atoms with Crippen LogP contribution >= 0.6 is 0 Å². The van der Waals surface area contributed by atoms with Crippen LogP contribution < -0.4 is 5.32 Å². The third-order valence-corrected chi connectivity index (χ3v) is 1.49. The summed E-state index contributed by atoms with van der Waals surface area (Å²) in [5.41, 5.74) is 0. The summed E-state index contributed by atoms with van der Waals surface area (Å²) in [5, 5.41) is 9.69. The van der Waals surface area contributed by atoms with Crippen molar-refractivity contribution in [3.8, 4) is 0 Å². The van der Waals surface area contributed by atoms with Crippen LogP contribution in [0.25, 0.3) is 0 Å². The van der Waals surface area contributed by atoms with Crippen LogP contribution in [-0.2, 0) is 0 Å². The third-order valence-electron chi connectivity index (χ3n) is 1.49. The topological polar surface area (TPSA) is 51.0 Å². The zero-order chi connectivity index (χ0) is 7.78. The minimum atomic E-state index is 1.25. The molecule has 0 saturated carbocycles. The Hall–Kier alpha value is -0.900. The fourth-order valence-corrected chi connectivity index (χ4v) is 0.938. The van der Waals surface area contributed by atoms with Gasteiger partial charge in [0.15, 0.2) is 0 Å². The number of nitrogens with zero attached hydrogens (tertiary/aromatic N) is 2. The van der Waals surface area contributed by atoms with Gasteiger partial charge >= 0.3 is 0 Å². The molecule has 4 nitrogen and oxygen atoms in total. The molecule has 4 heteroatoms. The molecular formula is C7H13N3O. The lowest BCUT2D eigenvalue weighted by Crippen LogP contribution is -2.21. The normalized spacial score (nSPS) is 16.7. The van der Waals surface area contributed by atoms with Gasteiger partial charge in [-0.05, 0) is 25.9 Å². The van der Waals surface area contributed by atoms with E-state index in [1.54, 1.807) is 0 Å². The maximum absolute atomic E-state index is 4.22. The van der Waals surface area contributed by atoms with Crippen molar-refractivity contribution in [1.29, 1.82) is 0 Å². The van der Waals surface area contributed by atoms with E-state index in [9.17, 15) is 0 Å². The van der Waals surface area contributed by atoms with Gasteiger partial charge in [-0.1, -0.05) is 6.42 Å². The highest BCUT2D eigenvalue weighted by atomic mass is 16.5. The monoisotopic (exact) mass is 155 g/mol. The molecule has 2 heterocycles. The van der Waals surface area contributed by atoms with E-state index in [2.05, 4.69) is 20.2 Å². The molecule has 1 aliphatic rings. The summed E-state index contributed by atoms with van der Waals surface area (Å²) in [7, 11) is 0. The van der Waals surface area contributed by atoms with Crippen molar-refractivity contribution < 1.29 is 4.52 Å². The molecule has 1 aliphatic heterocycles. The minimum Gasteiger partial charge on any atom is -0.346 e. The lowest BCUT2D eigenvalue weighted by molar-refractivity contribution is 0.393. The number of nitrogens with one attached hydrogen (secondary N) is 1. The molecule has 1 aromatic heterocycles. The molecule has 62 valence electrons. The van der Waals surface area contributed by atoms with Crippen molar-refractivity contribution in [3.63, 3.8) is 0 Å². The smallest absolute Gasteiger partial charge is 0.144 e. The molecule has 0 amide bonds. The molecule has 11 heavy (non-hydrogen) atoms. The second-order valence-electron chi connectivity index (χ2n) is 2.40. The van der Waals surface area contributed by atoms with Crippen molar-refractivity contribution in [2.75, 3.05) is 13.1 Å². The van der Waals surface area contributed by atoms with Crippen molar-refractivity contribution in [1.82, 2.24) is 15.7 Å². The van der Waals surface area contributed by atoms with E-state index in [0.29, 0.717) is 0 Å². The van der Waals surface area contributed by atoms with Crippen molar-refractivity contribution in [2.24, 2.45) is 0 Å². The molecule has 1 N–H and O–H groups in total. The van der Waals surface area contributed by atoms with Gasteiger partial charge in [-0.15, -0.1) is 5.10 Å². The Bertz CT molecular complexity index is 120. The maximum atomic E-state index is 4.22. The zero-order valence-electron chi connectivity index (χ0n) is 6.49. The fraction of sp³-hybridized carbons (Fsp3) is 0.714. The van der Waals surface area contributed by atoms with Crippen LogP contribution in [0.2, 0.25) is 0 Å². The zero-order valence-corrected chi connectivity index (χ0v) is 6.49. The van der Waals surface area contributed by atoms with E-state index >= 15 is 0 Å². The van der Waals surface area contributed by atoms with E-state index in [-0.39, 0.29) is 0 Å². The Balaban J connectivity index is 0.000000112. The number of hydrogen-bond donors (Lipinski definition) is 1.